The van der Waals surface area contributed by atoms with E-state index in [1.54, 1.807) is 0 Å². The molecule has 0 spiro atoms. The number of nitrogens with one attached hydrogen (secondary N) is 1. The largest absolute Gasteiger partial charge is 0.482 e. The van der Waals surface area contributed by atoms with Crippen LogP contribution in [0.3, 0.4) is 0 Å². The molecule has 0 amide bonds. The first-order valence-corrected chi connectivity index (χ1v) is 8.27. The van der Waals surface area contributed by atoms with Crippen molar-refractivity contribution in [3.8, 4) is 5.75 Å². The third-order valence-electron chi connectivity index (χ3n) is 2.28. The molecule has 2 rings (SSSR count). The zero-order valence-electron chi connectivity index (χ0n) is 10.4. The standard InChI is InChI=1S/C12H10ClNO5S2/c13-10-5-6-12(20-10)21(17,18)14-8-1-3-9(4-2-8)19-7-11(15)16/h1-6,14H,7H2,(H,15,16). The van der Waals surface area contributed by atoms with Crippen molar-refractivity contribution in [3.63, 3.8) is 0 Å². The smallest absolute Gasteiger partial charge is 0.341 e. The minimum absolute atomic E-state index is 0.110. The predicted octanol–water partition coefficient (Wildman–Crippen LogP) is 2.67. The van der Waals surface area contributed by atoms with Gasteiger partial charge in [-0.15, -0.1) is 11.3 Å². The zero-order valence-corrected chi connectivity index (χ0v) is 12.8. The van der Waals surface area contributed by atoms with Gasteiger partial charge in [0.1, 0.15) is 9.96 Å². The lowest BCUT2D eigenvalue weighted by Gasteiger charge is -2.07. The molecule has 0 saturated carbocycles. The monoisotopic (exact) mass is 347 g/mol. The Kier molecular flexibility index (Phi) is 4.71. The van der Waals surface area contributed by atoms with E-state index in [0.717, 1.165) is 11.3 Å². The van der Waals surface area contributed by atoms with Crippen molar-refractivity contribution in [2.75, 3.05) is 11.3 Å². The molecule has 0 bridgehead atoms. The average Bonchev–Trinajstić information content (AvgIpc) is 2.85. The number of hydrogen-bond acceptors (Lipinski definition) is 5. The lowest BCUT2D eigenvalue weighted by Crippen LogP contribution is -2.11. The van der Waals surface area contributed by atoms with Crippen LogP contribution in [0.25, 0.3) is 0 Å². The molecular formula is C12H10ClNO5S2. The number of ether oxygens (including phenoxy) is 1. The number of carbonyl (C=O) groups is 1. The molecular weight excluding hydrogens is 338 g/mol. The van der Waals surface area contributed by atoms with E-state index in [4.69, 9.17) is 21.4 Å². The van der Waals surface area contributed by atoms with Gasteiger partial charge < -0.3 is 9.84 Å². The summed E-state index contributed by atoms with van der Waals surface area (Å²) in [4.78, 5) is 10.4. The fourth-order valence-electron chi connectivity index (χ4n) is 1.41. The summed E-state index contributed by atoms with van der Waals surface area (Å²) in [6.07, 6.45) is 0. The van der Waals surface area contributed by atoms with Gasteiger partial charge in [-0.1, -0.05) is 11.6 Å². The van der Waals surface area contributed by atoms with E-state index < -0.39 is 22.6 Å². The molecule has 1 aromatic heterocycles. The van der Waals surface area contributed by atoms with Crippen LogP contribution in [-0.2, 0) is 14.8 Å². The molecule has 0 radical (unpaired) electrons. The normalized spacial score (nSPS) is 11.1. The summed E-state index contributed by atoms with van der Waals surface area (Å²) in [6.45, 7) is -0.460. The molecule has 6 nitrogen and oxygen atoms in total. The Morgan fingerprint density at radius 3 is 2.43 bits per heavy atom. The summed E-state index contributed by atoms with van der Waals surface area (Å²) >= 11 is 6.67. The summed E-state index contributed by atoms with van der Waals surface area (Å²) in [5.41, 5.74) is 0.335. The van der Waals surface area contributed by atoms with Crippen LogP contribution in [0.5, 0.6) is 5.75 Å². The van der Waals surface area contributed by atoms with E-state index >= 15 is 0 Å². The molecule has 21 heavy (non-hydrogen) atoms. The highest BCUT2D eigenvalue weighted by atomic mass is 35.5. The summed E-state index contributed by atoms with van der Waals surface area (Å²) in [7, 11) is -3.68. The van der Waals surface area contributed by atoms with E-state index in [9.17, 15) is 13.2 Å². The Bertz CT molecular complexity index is 739. The summed E-state index contributed by atoms with van der Waals surface area (Å²) in [5, 5.41) is 8.48. The fraction of sp³-hybridized carbons (Fsp3) is 0.0833. The summed E-state index contributed by atoms with van der Waals surface area (Å²) < 4.78 is 31.9. The number of rotatable bonds is 6. The Morgan fingerprint density at radius 2 is 1.90 bits per heavy atom. The number of benzene rings is 1. The van der Waals surface area contributed by atoms with Crippen molar-refractivity contribution in [1.29, 1.82) is 0 Å². The topological polar surface area (TPSA) is 92.7 Å². The summed E-state index contributed by atoms with van der Waals surface area (Å²) in [6, 6.07) is 8.82. The van der Waals surface area contributed by atoms with Gasteiger partial charge in [0.15, 0.2) is 6.61 Å². The van der Waals surface area contributed by atoms with Crippen LogP contribution in [0, 0.1) is 0 Å². The molecule has 0 aliphatic carbocycles. The van der Waals surface area contributed by atoms with Crippen molar-refractivity contribution in [1.82, 2.24) is 0 Å². The number of thiophene rings is 1. The van der Waals surface area contributed by atoms with Gasteiger partial charge in [0.25, 0.3) is 10.0 Å². The maximum atomic E-state index is 12.0. The zero-order chi connectivity index (χ0) is 15.5. The minimum Gasteiger partial charge on any atom is -0.482 e. The van der Waals surface area contributed by atoms with Gasteiger partial charge in [0, 0.05) is 5.69 Å². The van der Waals surface area contributed by atoms with Crippen molar-refractivity contribution >= 4 is 44.6 Å². The predicted molar refractivity (Wildman–Crippen MR) is 79.7 cm³/mol. The van der Waals surface area contributed by atoms with Gasteiger partial charge in [-0.25, -0.2) is 13.2 Å². The lowest BCUT2D eigenvalue weighted by atomic mass is 10.3. The lowest BCUT2D eigenvalue weighted by molar-refractivity contribution is -0.139. The van der Waals surface area contributed by atoms with E-state index in [1.165, 1.54) is 36.4 Å². The third-order valence-corrected chi connectivity index (χ3v) is 5.39. The van der Waals surface area contributed by atoms with E-state index in [2.05, 4.69) is 4.72 Å². The second-order valence-corrected chi connectivity index (χ2v) is 7.50. The SMILES string of the molecule is O=C(O)COc1ccc(NS(=O)(=O)c2ccc(Cl)s2)cc1. The molecule has 9 heteroatoms. The molecule has 1 heterocycles. The molecule has 0 aliphatic heterocycles. The minimum atomic E-state index is -3.68. The molecule has 0 fully saturated rings. The van der Waals surface area contributed by atoms with Gasteiger partial charge in [-0.3, -0.25) is 4.72 Å². The van der Waals surface area contributed by atoms with Crippen LogP contribution in [0.15, 0.2) is 40.6 Å². The number of aliphatic carboxylic acids is 1. The molecule has 112 valence electrons. The van der Waals surface area contributed by atoms with Crippen molar-refractivity contribution in [2.45, 2.75) is 4.21 Å². The number of halogens is 1. The first-order chi connectivity index (χ1) is 9.87. The van der Waals surface area contributed by atoms with E-state index in [1.807, 2.05) is 0 Å². The molecule has 0 atom stereocenters. The molecule has 0 aliphatic rings. The van der Waals surface area contributed by atoms with Gasteiger partial charge >= 0.3 is 5.97 Å². The highest BCUT2D eigenvalue weighted by Crippen LogP contribution is 2.27. The second kappa shape index (κ2) is 6.33. The quantitative estimate of drug-likeness (QED) is 0.838. The van der Waals surface area contributed by atoms with Gasteiger partial charge in [-0.05, 0) is 36.4 Å². The van der Waals surface area contributed by atoms with Crippen LogP contribution in [-0.4, -0.2) is 26.1 Å². The van der Waals surface area contributed by atoms with Crippen molar-refractivity contribution < 1.29 is 23.1 Å². The first-order valence-electron chi connectivity index (χ1n) is 5.59. The van der Waals surface area contributed by atoms with E-state index in [-0.39, 0.29) is 4.21 Å². The number of carboxylic acids is 1. The molecule has 1 aromatic carbocycles. The van der Waals surface area contributed by atoms with Crippen LogP contribution in [0.1, 0.15) is 0 Å². The Labute approximate surface area is 130 Å². The van der Waals surface area contributed by atoms with Gasteiger partial charge in [0.05, 0.1) is 4.34 Å². The number of carboxylic acid groups (broad SMARTS) is 1. The average molecular weight is 348 g/mol. The van der Waals surface area contributed by atoms with Crippen molar-refractivity contribution in [3.05, 3.63) is 40.7 Å². The fourth-order valence-corrected chi connectivity index (χ4v) is 3.95. The van der Waals surface area contributed by atoms with E-state index in [0.29, 0.717) is 15.8 Å². The Hall–Kier alpha value is -1.77. The second-order valence-electron chi connectivity index (χ2n) is 3.87. The van der Waals surface area contributed by atoms with Crippen LogP contribution in [0.2, 0.25) is 4.34 Å². The van der Waals surface area contributed by atoms with Crippen LogP contribution < -0.4 is 9.46 Å². The summed E-state index contributed by atoms with van der Waals surface area (Å²) in [5.74, 6) is -0.756. The first kappa shape index (κ1) is 15.6. The number of hydrogen-bond donors (Lipinski definition) is 2. The highest BCUT2D eigenvalue weighted by molar-refractivity contribution is 7.94. The Morgan fingerprint density at radius 1 is 1.24 bits per heavy atom. The van der Waals surface area contributed by atoms with Crippen LogP contribution >= 0.6 is 22.9 Å². The highest BCUT2D eigenvalue weighted by Gasteiger charge is 2.16. The molecule has 0 saturated heterocycles. The number of anilines is 1. The van der Waals surface area contributed by atoms with Crippen molar-refractivity contribution in [2.24, 2.45) is 0 Å². The van der Waals surface area contributed by atoms with Gasteiger partial charge in [0.2, 0.25) is 0 Å². The van der Waals surface area contributed by atoms with Gasteiger partial charge in [-0.2, -0.15) is 0 Å². The number of sulfonamides is 1. The molecule has 2 N–H and O–H groups in total. The molecule has 0 unspecified atom stereocenters. The Balaban J connectivity index is 2.08. The molecule has 2 aromatic rings. The maximum absolute atomic E-state index is 12.0. The van der Waals surface area contributed by atoms with Crippen LogP contribution in [0.4, 0.5) is 5.69 Å². The maximum Gasteiger partial charge on any atom is 0.341 e. The third kappa shape index (κ3) is 4.35.